The Morgan fingerprint density at radius 3 is 2.46 bits per heavy atom. The van der Waals surface area contributed by atoms with E-state index in [2.05, 4.69) is 12.2 Å². The van der Waals surface area contributed by atoms with Gasteiger partial charge in [-0.3, -0.25) is 4.79 Å². The summed E-state index contributed by atoms with van der Waals surface area (Å²) in [5.41, 5.74) is 0.100. The van der Waals surface area contributed by atoms with Crippen molar-refractivity contribution in [2.24, 2.45) is 11.0 Å². The van der Waals surface area contributed by atoms with Crippen LogP contribution in [-0.4, -0.2) is 34.4 Å². The third kappa shape index (κ3) is 6.45. The molecule has 7 heteroatoms. The van der Waals surface area contributed by atoms with E-state index >= 15 is 0 Å². The van der Waals surface area contributed by atoms with E-state index in [1.807, 2.05) is 6.92 Å². The summed E-state index contributed by atoms with van der Waals surface area (Å²) >= 11 is 0. The van der Waals surface area contributed by atoms with Crippen LogP contribution >= 0.6 is 0 Å². The van der Waals surface area contributed by atoms with Gasteiger partial charge in [-0.05, 0) is 82.3 Å². The lowest BCUT2D eigenvalue weighted by molar-refractivity contribution is -0.126. The Hall–Kier alpha value is -2.80. The van der Waals surface area contributed by atoms with Gasteiger partial charge in [-0.2, -0.15) is 5.10 Å². The standard InChI is InChI=1S/C28H37F2N3O2/c1-5-6-12-24-25(20-13-15-21(29)16-14-20)32-33(23-11-9-10-22(30)19-23)28(24,4)26(34)31-18-8-7-17-27(2,3)35/h9-11,13-16,19,24,35H,5-8,12,17-18H2,1-4H3,(H,31,34). The number of unbranched alkanes of at least 4 members (excludes halogenated alkanes) is 2. The molecule has 2 aromatic carbocycles. The van der Waals surface area contributed by atoms with Crippen LogP contribution in [0.25, 0.3) is 0 Å². The minimum Gasteiger partial charge on any atom is -0.390 e. The Balaban J connectivity index is 1.95. The molecular formula is C28H37F2N3O2. The molecule has 0 spiro atoms. The third-order valence-corrected chi connectivity index (χ3v) is 6.66. The summed E-state index contributed by atoms with van der Waals surface area (Å²) in [6.07, 6.45) is 4.70. The molecule has 0 fully saturated rings. The number of halogens is 2. The summed E-state index contributed by atoms with van der Waals surface area (Å²) in [6, 6.07) is 12.2. The van der Waals surface area contributed by atoms with E-state index in [1.54, 1.807) is 43.1 Å². The summed E-state index contributed by atoms with van der Waals surface area (Å²) in [5, 5.41) is 19.5. The van der Waals surface area contributed by atoms with Crippen molar-refractivity contribution in [1.29, 1.82) is 0 Å². The van der Waals surface area contributed by atoms with E-state index in [0.717, 1.165) is 31.2 Å². The summed E-state index contributed by atoms with van der Waals surface area (Å²) < 4.78 is 27.8. The fraction of sp³-hybridized carbons (Fsp3) is 0.500. The van der Waals surface area contributed by atoms with Gasteiger partial charge < -0.3 is 10.4 Å². The van der Waals surface area contributed by atoms with Gasteiger partial charge >= 0.3 is 0 Å². The average Bonchev–Trinajstić information content (AvgIpc) is 3.10. The third-order valence-electron chi connectivity index (χ3n) is 6.66. The minimum atomic E-state index is -1.09. The van der Waals surface area contributed by atoms with Gasteiger partial charge in [-0.1, -0.05) is 38.0 Å². The maximum absolute atomic E-state index is 14.2. The molecule has 0 aromatic heterocycles. The van der Waals surface area contributed by atoms with Crippen molar-refractivity contribution in [1.82, 2.24) is 5.32 Å². The van der Waals surface area contributed by atoms with Crippen molar-refractivity contribution in [3.63, 3.8) is 0 Å². The first kappa shape index (κ1) is 26.8. The molecule has 35 heavy (non-hydrogen) atoms. The van der Waals surface area contributed by atoms with Crippen molar-refractivity contribution in [3.05, 3.63) is 65.7 Å². The van der Waals surface area contributed by atoms with Crippen LogP contribution in [0, 0.1) is 17.6 Å². The highest BCUT2D eigenvalue weighted by molar-refractivity contribution is 6.10. The van der Waals surface area contributed by atoms with Crippen molar-refractivity contribution in [3.8, 4) is 0 Å². The van der Waals surface area contributed by atoms with Crippen molar-refractivity contribution < 1.29 is 18.7 Å². The molecule has 0 bridgehead atoms. The number of nitrogens with zero attached hydrogens (tertiary/aromatic N) is 2. The Kier molecular flexibility index (Phi) is 8.65. The van der Waals surface area contributed by atoms with Crippen molar-refractivity contribution in [2.45, 2.75) is 77.4 Å². The predicted octanol–water partition coefficient (Wildman–Crippen LogP) is 5.81. The van der Waals surface area contributed by atoms with Crippen LogP contribution in [-0.2, 0) is 4.79 Å². The first-order chi connectivity index (χ1) is 16.6. The number of aliphatic hydroxyl groups is 1. The molecule has 2 atom stereocenters. The lowest BCUT2D eigenvalue weighted by Gasteiger charge is -2.37. The number of hydrogen-bond donors (Lipinski definition) is 2. The van der Waals surface area contributed by atoms with E-state index in [-0.39, 0.29) is 17.6 Å². The molecule has 190 valence electrons. The van der Waals surface area contributed by atoms with E-state index in [1.165, 1.54) is 24.3 Å². The molecule has 3 rings (SSSR count). The molecular weight excluding hydrogens is 448 g/mol. The van der Waals surface area contributed by atoms with Gasteiger partial charge in [-0.15, -0.1) is 0 Å². The zero-order chi connectivity index (χ0) is 25.6. The van der Waals surface area contributed by atoms with Crippen LogP contribution < -0.4 is 10.3 Å². The number of amides is 1. The zero-order valence-electron chi connectivity index (χ0n) is 21.2. The lowest BCUT2D eigenvalue weighted by Crippen LogP contribution is -2.58. The molecule has 0 saturated carbocycles. The van der Waals surface area contributed by atoms with Crippen LogP contribution in [0.15, 0.2) is 53.6 Å². The smallest absolute Gasteiger partial charge is 0.248 e. The fourth-order valence-electron chi connectivity index (χ4n) is 4.65. The molecule has 0 aliphatic carbocycles. The molecule has 5 nitrogen and oxygen atoms in total. The zero-order valence-corrected chi connectivity index (χ0v) is 21.2. The highest BCUT2D eigenvalue weighted by Crippen LogP contribution is 2.42. The number of nitrogens with one attached hydrogen (secondary N) is 1. The van der Waals surface area contributed by atoms with Crippen LogP contribution in [0.5, 0.6) is 0 Å². The van der Waals surface area contributed by atoms with E-state index in [4.69, 9.17) is 5.10 Å². The van der Waals surface area contributed by atoms with Gasteiger partial charge in [0.1, 0.15) is 17.2 Å². The molecule has 1 aliphatic heterocycles. The van der Waals surface area contributed by atoms with Crippen LogP contribution in [0.2, 0.25) is 0 Å². The Morgan fingerprint density at radius 1 is 1.11 bits per heavy atom. The van der Waals surface area contributed by atoms with Gasteiger partial charge in [0.15, 0.2) is 0 Å². The monoisotopic (exact) mass is 485 g/mol. The Labute approximate surface area is 207 Å². The van der Waals surface area contributed by atoms with Crippen LogP contribution in [0.3, 0.4) is 0 Å². The molecule has 0 radical (unpaired) electrons. The molecule has 2 unspecified atom stereocenters. The predicted molar refractivity (Wildman–Crippen MR) is 136 cm³/mol. The number of rotatable bonds is 11. The lowest BCUT2D eigenvalue weighted by atomic mass is 9.77. The first-order valence-corrected chi connectivity index (χ1v) is 12.5. The second kappa shape index (κ2) is 11.3. The summed E-state index contributed by atoms with van der Waals surface area (Å²) in [4.78, 5) is 13.8. The summed E-state index contributed by atoms with van der Waals surface area (Å²) in [7, 11) is 0. The van der Waals surface area contributed by atoms with Gasteiger partial charge in [0.2, 0.25) is 5.91 Å². The molecule has 1 heterocycles. The molecule has 0 saturated heterocycles. The average molecular weight is 486 g/mol. The number of hydrogen-bond acceptors (Lipinski definition) is 4. The number of hydrazone groups is 1. The second-order valence-electron chi connectivity index (χ2n) is 10.2. The quantitative estimate of drug-likeness (QED) is 0.395. The SMILES string of the molecule is CCCCC1C(c2ccc(F)cc2)=NN(c2cccc(F)c2)C1(C)C(=O)NCCCCC(C)(C)O. The first-order valence-electron chi connectivity index (χ1n) is 12.5. The molecule has 2 aromatic rings. The normalized spacial score (nSPS) is 20.1. The number of anilines is 1. The van der Waals surface area contributed by atoms with E-state index < -0.39 is 17.0 Å². The van der Waals surface area contributed by atoms with Crippen LogP contribution in [0.1, 0.15) is 71.8 Å². The summed E-state index contributed by atoms with van der Waals surface area (Å²) in [5.74, 6) is -1.21. The molecule has 1 amide bonds. The summed E-state index contributed by atoms with van der Waals surface area (Å²) in [6.45, 7) is 7.95. The Bertz CT molecular complexity index is 1030. The maximum atomic E-state index is 14.2. The van der Waals surface area contributed by atoms with E-state index in [0.29, 0.717) is 30.8 Å². The molecule has 1 aliphatic rings. The number of carbonyl (C=O) groups excluding carboxylic acids is 1. The van der Waals surface area contributed by atoms with Crippen LogP contribution in [0.4, 0.5) is 14.5 Å². The van der Waals surface area contributed by atoms with E-state index in [9.17, 15) is 18.7 Å². The minimum absolute atomic E-state index is 0.188. The fourth-order valence-corrected chi connectivity index (χ4v) is 4.65. The van der Waals surface area contributed by atoms with Gasteiger partial charge in [-0.25, -0.2) is 13.8 Å². The van der Waals surface area contributed by atoms with Gasteiger partial charge in [0.05, 0.1) is 17.0 Å². The highest BCUT2D eigenvalue weighted by Gasteiger charge is 2.53. The number of benzene rings is 2. The van der Waals surface area contributed by atoms with Gasteiger partial charge in [0, 0.05) is 12.5 Å². The highest BCUT2D eigenvalue weighted by atomic mass is 19.1. The number of carbonyl (C=O) groups is 1. The van der Waals surface area contributed by atoms with Gasteiger partial charge in [0.25, 0.3) is 0 Å². The maximum Gasteiger partial charge on any atom is 0.248 e. The van der Waals surface area contributed by atoms with Crippen molar-refractivity contribution >= 4 is 17.3 Å². The topological polar surface area (TPSA) is 64.9 Å². The molecule has 2 N–H and O–H groups in total. The largest absolute Gasteiger partial charge is 0.390 e. The second-order valence-corrected chi connectivity index (χ2v) is 10.2. The van der Waals surface area contributed by atoms with Crippen molar-refractivity contribution in [2.75, 3.05) is 11.6 Å². The Morgan fingerprint density at radius 2 is 1.83 bits per heavy atom.